The van der Waals surface area contributed by atoms with Crippen LogP contribution in [-0.4, -0.2) is 98.2 Å². The second-order valence-electron chi connectivity index (χ2n) is 13.8. The van der Waals surface area contributed by atoms with Crippen molar-refractivity contribution in [3.8, 4) is 0 Å². The van der Waals surface area contributed by atoms with Crippen LogP contribution in [0.15, 0.2) is 12.2 Å². The van der Waals surface area contributed by atoms with Gasteiger partial charge in [-0.25, -0.2) is 4.57 Å². The molecule has 286 valence electrons. The molecule has 0 aromatic heterocycles. The number of rotatable bonds is 34. The standard InChI is InChI=1S/C36H66NO11P/c1-5-6-7-8-9-10-11-12-13-14-15-16-19-24-35(41)45-30-34(31-47-49(43,44)46-28-26-37(2,3)4)48-36(42)25-20-17-18-22-32(39)29-33(40)23-21-27-38/h21,23,27,33-34,40H,5-20,22,24-26,28-31H2,1-4H3/p+1/b23-21+/t33?,34-/m0/s1. The molecule has 0 aliphatic rings. The minimum atomic E-state index is -4.44. The number of quaternary nitrogens is 1. The number of ketones is 1. The van der Waals surface area contributed by atoms with E-state index in [-0.39, 0.29) is 44.7 Å². The highest BCUT2D eigenvalue weighted by Crippen LogP contribution is 2.43. The van der Waals surface area contributed by atoms with Crippen molar-refractivity contribution in [2.45, 2.75) is 148 Å². The lowest BCUT2D eigenvalue weighted by molar-refractivity contribution is -0.870. The summed E-state index contributed by atoms with van der Waals surface area (Å²) in [4.78, 5) is 57.3. The average molecular weight is 721 g/mol. The number of phosphoric ester groups is 1. The summed E-state index contributed by atoms with van der Waals surface area (Å²) in [5, 5.41) is 9.67. The number of carbonyl (C=O) groups excluding carboxylic acids is 4. The van der Waals surface area contributed by atoms with Gasteiger partial charge in [-0.3, -0.25) is 28.2 Å². The van der Waals surface area contributed by atoms with Crippen molar-refractivity contribution < 1.29 is 56.7 Å². The zero-order chi connectivity index (χ0) is 36.8. The molecule has 0 saturated carbocycles. The summed E-state index contributed by atoms with van der Waals surface area (Å²) in [6.07, 6.45) is 18.3. The molecule has 0 amide bonds. The van der Waals surface area contributed by atoms with Gasteiger partial charge in [0.2, 0.25) is 0 Å². The van der Waals surface area contributed by atoms with Crippen molar-refractivity contribution in [1.82, 2.24) is 0 Å². The van der Waals surface area contributed by atoms with Crippen LogP contribution in [0.25, 0.3) is 0 Å². The summed E-state index contributed by atoms with van der Waals surface area (Å²) >= 11 is 0. The number of aliphatic hydroxyl groups is 1. The lowest BCUT2D eigenvalue weighted by Gasteiger charge is -2.24. The van der Waals surface area contributed by atoms with Gasteiger partial charge < -0.3 is 24.0 Å². The summed E-state index contributed by atoms with van der Waals surface area (Å²) in [7, 11) is 1.29. The summed E-state index contributed by atoms with van der Waals surface area (Å²) < 4.78 is 33.8. The fraction of sp³-hybridized carbons (Fsp3) is 0.833. The van der Waals surface area contributed by atoms with Gasteiger partial charge in [-0.15, -0.1) is 0 Å². The highest BCUT2D eigenvalue weighted by Gasteiger charge is 2.27. The quantitative estimate of drug-likeness (QED) is 0.0180. The fourth-order valence-corrected chi connectivity index (χ4v) is 5.64. The maximum Gasteiger partial charge on any atom is 0.472 e. The molecule has 0 rings (SSSR count). The number of likely N-dealkylation sites (N-methyl/N-ethyl adjacent to an activating group) is 1. The Bertz CT molecular complexity index is 967. The van der Waals surface area contributed by atoms with Crippen LogP contribution in [0.4, 0.5) is 0 Å². The first-order valence-corrected chi connectivity index (χ1v) is 19.9. The summed E-state index contributed by atoms with van der Waals surface area (Å²) in [5.74, 6) is -1.19. The van der Waals surface area contributed by atoms with Gasteiger partial charge in [0.1, 0.15) is 31.8 Å². The number of hydrogen-bond donors (Lipinski definition) is 2. The predicted molar refractivity (Wildman–Crippen MR) is 190 cm³/mol. The molecule has 49 heavy (non-hydrogen) atoms. The first-order valence-electron chi connectivity index (χ1n) is 18.4. The Balaban J connectivity index is 4.54. The Morgan fingerprint density at radius 2 is 1.24 bits per heavy atom. The highest BCUT2D eigenvalue weighted by atomic mass is 31.2. The molecule has 12 nitrogen and oxygen atoms in total. The van der Waals surface area contributed by atoms with Crippen molar-refractivity contribution in [2.75, 3.05) is 47.5 Å². The number of ether oxygens (including phenoxy) is 2. The molecular weight excluding hydrogens is 653 g/mol. The van der Waals surface area contributed by atoms with E-state index < -0.39 is 38.6 Å². The molecule has 13 heteroatoms. The number of nitrogens with zero attached hydrogens (tertiary/aromatic N) is 1. The number of allylic oxidation sites excluding steroid dienone is 1. The van der Waals surface area contributed by atoms with E-state index in [0.29, 0.717) is 43.0 Å². The van der Waals surface area contributed by atoms with Gasteiger partial charge in [0.05, 0.1) is 33.9 Å². The topological polar surface area (TPSA) is 163 Å². The van der Waals surface area contributed by atoms with Gasteiger partial charge in [0.15, 0.2) is 6.10 Å². The number of aldehydes is 1. The molecule has 0 radical (unpaired) electrons. The molecular formula is C36H67NO11P+. The molecule has 2 N–H and O–H groups in total. The minimum absolute atomic E-state index is 0.0211. The van der Waals surface area contributed by atoms with Crippen molar-refractivity contribution in [1.29, 1.82) is 0 Å². The van der Waals surface area contributed by atoms with E-state index in [4.69, 9.17) is 18.5 Å². The molecule has 0 aromatic rings. The van der Waals surface area contributed by atoms with Gasteiger partial charge in [-0.2, -0.15) is 0 Å². The Morgan fingerprint density at radius 1 is 0.735 bits per heavy atom. The average Bonchev–Trinajstić information content (AvgIpc) is 3.02. The highest BCUT2D eigenvalue weighted by molar-refractivity contribution is 7.47. The SMILES string of the molecule is CCCCCCCCCCCCCCCC(=O)OC[C@@H](COP(=O)(O)OCC[N+](C)(C)C)OC(=O)CCCCCC(=O)CC(O)/C=C/C=O. The van der Waals surface area contributed by atoms with E-state index in [9.17, 15) is 33.7 Å². The van der Waals surface area contributed by atoms with Crippen molar-refractivity contribution in [2.24, 2.45) is 0 Å². The van der Waals surface area contributed by atoms with Crippen LogP contribution < -0.4 is 0 Å². The van der Waals surface area contributed by atoms with Crippen LogP contribution in [0.5, 0.6) is 0 Å². The summed E-state index contributed by atoms with van der Waals surface area (Å²) in [6.45, 7) is 1.86. The number of Topliss-reactive ketones (excluding diaryl/α,β-unsaturated/α-hetero) is 1. The zero-order valence-electron chi connectivity index (χ0n) is 30.8. The van der Waals surface area contributed by atoms with Gasteiger partial charge in [0, 0.05) is 25.7 Å². The van der Waals surface area contributed by atoms with Crippen LogP contribution in [0, 0.1) is 0 Å². The number of unbranched alkanes of at least 4 members (excludes halogenated alkanes) is 14. The Labute approximate surface area is 295 Å². The third kappa shape index (κ3) is 33.0. The molecule has 0 bridgehead atoms. The third-order valence-electron chi connectivity index (χ3n) is 7.84. The van der Waals surface area contributed by atoms with E-state index in [1.54, 1.807) is 0 Å². The van der Waals surface area contributed by atoms with Crippen LogP contribution in [0.2, 0.25) is 0 Å². The third-order valence-corrected chi connectivity index (χ3v) is 8.82. The Morgan fingerprint density at radius 3 is 1.80 bits per heavy atom. The lowest BCUT2D eigenvalue weighted by Crippen LogP contribution is -2.37. The van der Waals surface area contributed by atoms with E-state index in [2.05, 4.69) is 6.92 Å². The molecule has 0 saturated heterocycles. The molecule has 2 unspecified atom stereocenters. The first-order chi connectivity index (χ1) is 23.3. The van der Waals surface area contributed by atoms with Crippen molar-refractivity contribution >= 4 is 31.8 Å². The molecule has 0 fully saturated rings. The second-order valence-corrected chi connectivity index (χ2v) is 15.2. The predicted octanol–water partition coefficient (Wildman–Crippen LogP) is 6.79. The normalized spacial score (nSPS) is 14.3. The van der Waals surface area contributed by atoms with Crippen molar-refractivity contribution in [3.05, 3.63) is 12.2 Å². The number of carbonyl (C=O) groups is 4. The van der Waals surface area contributed by atoms with Crippen LogP contribution in [-0.2, 0) is 42.3 Å². The largest absolute Gasteiger partial charge is 0.472 e. The second kappa shape index (κ2) is 29.7. The molecule has 0 aromatic carbocycles. The minimum Gasteiger partial charge on any atom is -0.462 e. The zero-order valence-corrected chi connectivity index (χ0v) is 31.7. The Kier molecular flexibility index (Phi) is 28.6. The molecule has 0 aliphatic carbocycles. The van der Waals surface area contributed by atoms with E-state index >= 15 is 0 Å². The molecule has 0 aliphatic heterocycles. The smallest absolute Gasteiger partial charge is 0.462 e. The number of aliphatic hydroxyl groups excluding tert-OH is 1. The van der Waals surface area contributed by atoms with Crippen LogP contribution >= 0.6 is 7.82 Å². The number of hydrogen-bond acceptors (Lipinski definition) is 10. The Hall–Kier alpha value is -1.95. The molecule has 0 heterocycles. The summed E-state index contributed by atoms with van der Waals surface area (Å²) in [5.41, 5.74) is 0. The maximum absolute atomic E-state index is 12.5. The van der Waals surface area contributed by atoms with E-state index in [1.807, 2.05) is 21.1 Å². The van der Waals surface area contributed by atoms with Crippen LogP contribution in [0.3, 0.4) is 0 Å². The van der Waals surface area contributed by atoms with Gasteiger partial charge >= 0.3 is 19.8 Å². The van der Waals surface area contributed by atoms with Crippen molar-refractivity contribution in [3.63, 3.8) is 0 Å². The van der Waals surface area contributed by atoms with Crippen LogP contribution in [0.1, 0.15) is 135 Å². The lowest BCUT2D eigenvalue weighted by atomic mass is 10.0. The number of phosphoric acid groups is 1. The van der Waals surface area contributed by atoms with Gasteiger partial charge in [-0.1, -0.05) is 96.5 Å². The van der Waals surface area contributed by atoms with Gasteiger partial charge in [0.25, 0.3) is 0 Å². The van der Waals surface area contributed by atoms with E-state index in [0.717, 1.165) is 25.3 Å². The van der Waals surface area contributed by atoms with Gasteiger partial charge in [-0.05, 0) is 25.3 Å². The fourth-order valence-electron chi connectivity index (χ4n) is 4.90. The molecule has 3 atom stereocenters. The maximum atomic E-state index is 12.5. The van der Waals surface area contributed by atoms with E-state index in [1.165, 1.54) is 63.9 Å². The monoisotopic (exact) mass is 720 g/mol. The number of esters is 2. The molecule has 0 spiro atoms. The first kappa shape index (κ1) is 47.0. The summed E-state index contributed by atoms with van der Waals surface area (Å²) in [6, 6.07) is 0.